The first-order valence-electron chi connectivity index (χ1n) is 8.47. The molecule has 2 fully saturated rings. The predicted octanol–water partition coefficient (Wildman–Crippen LogP) is 2.45. The van der Waals surface area contributed by atoms with Crippen molar-refractivity contribution in [2.24, 2.45) is 0 Å². The Morgan fingerprint density at radius 1 is 1.29 bits per heavy atom. The lowest BCUT2D eigenvalue weighted by Gasteiger charge is -2.23. The second-order valence-electron chi connectivity index (χ2n) is 6.88. The molecular weight excluding hydrogens is 262 g/mol. The molecule has 2 aliphatic rings. The molecule has 0 bridgehead atoms. The summed E-state index contributed by atoms with van der Waals surface area (Å²) in [6.07, 6.45) is 6.00. The van der Waals surface area contributed by atoms with Gasteiger partial charge in [0.25, 0.3) is 0 Å². The third-order valence-corrected chi connectivity index (χ3v) is 4.71. The zero-order valence-corrected chi connectivity index (χ0v) is 13.5. The molecule has 0 saturated carbocycles. The lowest BCUT2D eigenvalue weighted by molar-refractivity contribution is 0.223. The van der Waals surface area contributed by atoms with Crippen LogP contribution in [0, 0.1) is 0 Å². The Kier molecular flexibility index (Phi) is 4.99. The van der Waals surface area contributed by atoms with Gasteiger partial charge in [0.15, 0.2) is 0 Å². The van der Waals surface area contributed by atoms with E-state index >= 15 is 0 Å². The van der Waals surface area contributed by atoms with Gasteiger partial charge in [0, 0.05) is 37.3 Å². The Morgan fingerprint density at radius 2 is 2.10 bits per heavy atom. The zero-order chi connectivity index (χ0) is 14.7. The summed E-state index contributed by atoms with van der Waals surface area (Å²) < 4.78 is 5.72. The molecule has 21 heavy (non-hydrogen) atoms. The largest absolute Gasteiger partial charge is 0.468 e. The quantitative estimate of drug-likeness (QED) is 0.872. The van der Waals surface area contributed by atoms with Gasteiger partial charge in [0.05, 0.1) is 12.8 Å². The van der Waals surface area contributed by atoms with Gasteiger partial charge in [0.2, 0.25) is 0 Å². The number of nitrogens with zero attached hydrogens (tertiary/aromatic N) is 2. The minimum Gasteiger partial charge on any atom is -0.468 e. The Bertz CT molecular complexity index is 437. The van der Waals surface area contributed by atoms with E-state index in [1.165, 1.54) is 51.0 Å². The second kappa shape index (κ2) is 6.95. The maximum atomic E-state index is 5.72. The van der Waals surface area contributed by atoms with Gasteiger partial charge in [-0.2, -0.15) is 0 Å². The third kappa shape index (κ3) is 4.09. The first-order chi connectivity index (χ1) is 10.2. The summed E-state index contributed by atoms with van der Waals surface area (Å²) in [5, 5.41) is 3.43. The molecule has 3 heterocycles. The zero-order valence-electron chi connectivity index (χ0n) is 13.5. The van der Waals surface area contributed by atoms with E-state index in [2.05, 4.69) is 35.0 Å². The highest BCUT2D eigenvalue weighted by molar-refractivity contribution is 5.13. The van der Waals surface area contributed by atoms with Crippen LogP contribution in [0.15, 0.2) is 16.7 Å². The van der Waals surface area contributed by atoms with Crippen molar-refractivity contribution in [3.63, 3.8) is 0 Å². The fraction of sp³-hybridized carbons (Fsp3) is 0.765. The van der Waals surface area contributed by atoms with Gasteiger partial charge in [-0.25, -0.2) is 0 Å². The van der Waals surface area contributed by atoms with Gasteiger partial charge < -0.3 is 9.73 Å². The molecule has 1 atom stereocenters. The highest BCUT2D eigenvalue weighted by Gasteiger charge is 2.29. The minimum absolute atomic E-state index is 0.517. The van der Waals surface area contributed by atoms with Crippen LogP contribution in [-0.2, 0) is 13.1 Å². The SMILES string of the molecule is CC(C)NCc1coc(CN2CCC(N3CCCC3)C2)c1. The summed E-state index contributed by atoms with van der Waals surface area (Å²) in [5.74, 6) is 1.11. The van der Waals surface area contributed by atoms with Crippen molar-refractivity contribution >= 4 is 0 Å². The van der Waals surface area contributed by atoms with Crippen molar-refractivity contribution in [1.82, 2.24) is 15.1 Å². The van der Waals surface area contributed by atoms with E-state index < -0.39 is 0 Å². The average molecular weight is 291 g/mol. The number of hydrogen-bond acceptors (Lipinski definition) is 4. The summed E-state index contributed by atoms with van der Waals surface area (Å²) in [7, 11) is 0. The Balaban J connectivity index is 1.46. The standard InChI is InChI=1S/C17H29N3O/c1-14(2)18-10-15-9-17(21-13-15)12-19-8-5-16(11-19)20-6-3-4-7-20/h9,13-14,16,18H,3-8,10-12H2,1-2H3. The molecular formula is C17H29N3O. The molecule has 2 aliphatic heterocycles. The molecule has 0 aliphatic carbocycles. The molecule has 0 aromatic carbocycles. The molecule has 1 aromatic rings. The maximum absolute atomic E-state index is 5.72. The van der Waals surface area contributed by atoms with Gasteiger partial charge in [-0.1, -0.05) is 13.8 Å². The van der Waals surface area contributed by atoms with Crippen molar-refractivity contribution in [1.29, 1.82) is 0 Å². The van der Waals surface area contributed by atoms with Crippen molar-refractivity contribution in [3.05, 3.63) is 23.7 Å². The number of furan rings is 1. The minimum atomic E-state index is 0.517. The van der Waals surface area contributed by atoms with Crippen LogP contribution in [0.1, 0.15) is 44.4 Å². The molecule has 118 valence electrons. The molecule has 3 rings (SSSR count). The van der Waals surface area contributed by atoms with Crippen molar-refractivity contribution < 1.29 is 4.42 Å². The van der Waals surface area contributed by atoms with Crippen LogP contribution >= 0.6 is 0 Å². The average Bonchev–Trinajstić information content (AvgIpc) is 3.18. The molecule has 0 radical (unpaired) electrons. The van der Waals surface area contributed by atoms with Gasteiger partial charge in [-0.15, -0.1) is 0 Å². The Morgan fingerprint density at radius 3 is 2.86 bits per heavy atom. The highest BCUT2D eigenvalue weighted by Crippen LogP contribution is 2.22. The molecule has 1 N–H and O–H groups in total. The molecule has 2 saturated heterocycles. The van der Waals surface area contributed by atoms with Crippen LogP contribution in [0.2, 0.25) is 0 Å². The maximum Gasteiger partial charge on any atom is 0.118 e. The predicted molar refractivity (Wildman–Crippen MR) is 85.2 cm³/mol. The summed E-state index contributed by atoms with van der Waals surface area (Å²) in [6.45, 7) is 11.2. The lowest BCUT2D eigenvalue weighted by Crippen LogP contribution is -2.35. The van der Waals surface area contributed by atoms with E-state index in [1.807, 2.05) is 6.26 Å². The van der Waals surface area contributed by atoms with E-state index in [-0.39, 0.29) is 0 Å². The summed E-state index contributed by atoms with van der Waals surface area (Å²) in [5.41, 5.74) is 1.26. The van der Waals surface area contributed by atoms with E-state index in [9.17, 15) is 0 Å². The van der Waals surface area contributed by atoms with Crippen molar-refractivity contribution in [2.45, 2.75) is 58.3 Å². The number of hydrogen-bond donors (Lipinski definition) is 1. The molecule has 0 spiro atoms. The van der Waals surface area contributed by atoms with Crippen LogP contribution < -0.4 is 5.32 Å². The van der Waals surface area contributed by atoms with Crippen molar-refractivity contribution in [2.75, 3.05) is 26.2 Å². The van der Waals surface area contributed by atoms with E-state index in [4.69, 9.17) is 4.42 Å². The monoisotopic (exact) mass is 291 g/mol. The van der Waals surface area contributed by atoms with Crippen LogP contribution in [-0.4, -0.2) is 48.1 Å². The third-order valence-electron chi connectivity index (χ3n) is 4.71. The van der Waals surface area contributed by atoms with Gasteiger partial charge in [-0.05, 0) is 38.4 Å². The van der Waals surface area contributed by atoms with Gasteiger partial charge in [0.1, 0.15) is 5.76 Å². The number of rotatable bonds is 6. The lowest BCUT2D eigenvalue weighted by atomic mass is 10.2. The fourth-order valence-electron chi connectivity index (χ4n) is 3.50. The van der Waals surface area contributed by atoms with E-state index in [0.717, 1.165) is 24.9 Å². The second-order valence-corrected chi connectivity index (χ2v) is 6.88. The highest BCUT2D eigenvalue weighted by atomic mass is 16.3. The molecule has 4 nitrogen and oxygen atoms in total. The molecule has 1 aromatic heterocycles. The molecule has 4 heteroatoms. The summed E-state index contributed by atoms with van der Waals surface area (Å²) in [6, 6.07) is 3.51. The number of likely N-dealkylation sites (tertiary alicyclic amines) is 2. The van der Waals surface area contributed by atoms with Gasteiger partial charge >= 0.3 is 0 Å². The van der Waals surface area contributed by atoms with E-state index in [0.29, 0.717) is 6.04 Å². The molecule has 0 amide bonds. The Hall–Kier alpha value is -0.840. The van der Waals surface area contributed by atoms with Crippen molar-refractivity contribution in [3.8, 4) is 0 Å². The van der Waals surface area contributed by atoms with Crippen LogP contribution in [0.5, 0.6) is 0 Å². The smallest absolute Gasteiger partial charge is 0.118 e. The fourth-order valence-corrected chi connectivity index (χ4v) is 3.50. The first-order valence-corrected chi connectivity index (χ1v) is 8.47. The van der Waals surface area contributed by atoms with Crippen LogP contribution in [0.25, 0.3) is 0 Å². The normalized spacial score (nSPS) is 24.4. The number of nitrogens with one attached hydrogen (secondary N) is 1. The first kappa shape index (κ1) is 15.1. The Labute approximate surface area is 128 Å². The molecule has 1 unspecified atom stereocenters. The van der Waals surface area contributed by atoms with Gasteiger partial charge in [-0.3, -0.25) is 9.80 Å². The van der Waals surface area contributed by atoms with E-state index in [1.54, 1.807) is 0 Å². The topological polar surface area (TPSA) is 31.7 Å². The summed E-state index contributed by atoms with van der Waals surface area (Å²) in [4.78, 5) is 5.22. The summed E-state index contributed by atoms with van der Waals surface area (Å²) >= 11 is 0. The van der Waals surface area contributed by atoms with Crippen LogP contribution in [0.3, 0.4) is 0 Å². The van der Waals surface area contributed by atoms with Crippen LogP contribution in [0.4, 0.5) is 0 Å².